The van der Waals surface area contributed by atoms with E-state index in [1.165, 1.54) is 19.3 Å². The van der Waals surface area contributed by atoms with Gasteiger partial charge in [0.1, 0.15) is 5.82 Å². The number of benzene rings is 1. The number of rotatable bonds is 2. The quantitative estimate of drug-likeness (QED) is 0.910. The SMILES string of the molecule is Cc1cc(N2CCCCC2)nc2c(C(=O)O)cccc12. The van der Waals surface area contributed by atoms with Crippen molar-refractivity contribution in [2.75, 3.05) is 18.0 Å². The van der Waals surface area contributed by atoms with Crippen LogP contribution in [-0.4, -0.2) is 29.1 Å². The summed E-state index contributed by atoms with van der Waals surface area (Å²) in [4.78, 5) is 18.2. The van der Waals surface area contributed by atoms with Crippen LogP contribution in [0.4, 0.5) is 5.82 Å². The lowest BCUT2D eigenvalue weighted by Crippen LogP contribution is -2.30. The minimum Gasteiger partial charge on any atom is -0.478 e. The summed E-state index contributed by atoms with van der Waals surface area (Å²) in [5.41, 5.74) is 1.96. The minimum atomic E-state index is -0.918. The molecule has 4 nitrogen and oxygen atoms in total. The molecule has 0 atom stereocenters. The highest BCUT2D eigenvalue weighted by Gasteiger charge is 2.16. The Hall–Kier alpha value is -2.10. The van der Waals surface area contributed by atoms with Crippen LogP contribution in [0.5, 0.6) is 0 Å². The van der Waals surface area contributed by atoms with Crippen molar-refractivity contribution >= 4 is 22.7 Å². The molecule has 1 N–H and O–H groups in total. The zero-order valence-corrected chi connectivity index (χ0v) is 11.6. The number of aromatic carboxylic acids is 1. The summed E-state index contributed by atoms with van der Waals surface area (Å²) < 4.78 is 0. The summed E-state index contributed by atoms with van der Waals surface area (Å²) in [5, 5.41) is 10.2. The van der Waals surface area contributed by atoms with Gasteiger partial charge in [0, 0.05) is 18.5 Å². The Balaban J connectivity index is 2.15. The van der Waals surface area contributed by atoms with Gasteiger partial charge in [-0.1, -0.05) is 12.1 Å². The van der Waals surface area contributed by atoms with Crippen LogP contribution < -0.4 is 4.90 Å². The number of piperidine rings is 1. The largest absolute Gasteiger partial charge is 0.478 e. The van der Waals surface area contributed by atoms with E-state index in [1.807, 2.05) is 13.0 Å². The number of carboxylic acids is 1. The summed E-state index contributed by atoms with van der Waals surface area (Å²) in [6, 6.07) is 7.40. The molecule has 0 radical (unpaired) electrons. The van der Waals surface area contributed by atoms with Crippen LogP contribution in [0.1, 0.15) is 35.2 Å². The average Bonchev–Trinajstić information content (AvgIpc) is 2.47. The maximum Gasteiger partial charge on any atom is 0.337 e. The van der Waals surface area contributed by atoms with Gasteiger partial charge >= 0.3 is 5.97 Å². The molecule has 0 saturated carbocycles. The molecule has 1 fully saturated rings. The van der Waals surface area contributed by atoms with Crippen molar-refractivity contribution in [3.05, 3.63) is 35.4 Å². The van der Waals surface area contributed by atoms with Crippen molar-refractivity contribution in [2.45, 2.75) is 26.2 Å². The number of fused-ring (bicyclic) bond motifs is 1. The molecule has 0 amide bonds. The lowest BCUT2D eigenvalue weighted by atomic mass is 10.0. The summed E-state index contributed by atoms with van der Waals surface area (Å²) in [5.74, 6) is -0.0123. The van der Waals surface area contributed by atoms with Crippen LogP contribution in [0.3, 0.4) is 0 Å². The second-order valence-electron chi connectivity index (χ2n) is 5.35. The van der Waals surface area contributed by atoms with E-state index in [0.29, 0.717) is 5.52 Å². The molecule has 1 saturated heterocycles. The van der Waals surface area contributed by atoms with Gasteiger partial charge in [0.05, 0.1) is 11.1 Å². The molecule has 1 aliphatic heterocycles. The molecule has 20 heavy (non-hydrogen) atoms. The number of nitrogens with zero attached hydrogens (tertiary/aromatic N) is 2. The average molecular weight is 270 g/mol. The molecule has 0 spiro atoms. The second-order valence-corrected chi connectivity index (χ2v) is 5.35. The van der Waals surface area contributed by atoms with Gasteiger partial charge in [-0.3, -0.25) is 0 Å². The lowest BCUT2D eigenvalue weighted by Gasteiger charge is -2.28. The molecule has 2 aromatic rings. The molecule has 2 heterocycles. The molecule has 3 rings (SSSR count). The van der Waals surface area contributed by atoms with E-state index in [-0.39, 0.29) is 5.56 Å². The summed E-state index contributed by atoms with van der Waals surface area (Å²) in [6.45, 7) is 4.03. The predicted molar refractivity (Wildman–Crippen MR) is 79.5 cm³/mol. The van der Waals surface area contributed by atoms with Gasteiger partial charge in [-0.2, -0.15) is 0 Å². The third-order valence-corrected chi connectivity index (χ3v) is 3.94. The van der Waals surface area contributed by atoms with Gasteiger partial charge in [-0.15, -0.1) is 0 Å². The minimum absolute atomic E-state index is 0.282. The van der Waals surface area contributed by atoms with Crippen molar-refractivity contribution in [3.63, 3.8) is 0 Å². The van der Waals surface area contributed by atoms with E-state index in [4.69, 9.17) is 0 Å². The number of hydrogen-bond donors (Lipinski definition) is 1. The monoisotopic (exact) mass is 270 g/mol. The number of hydrogen-bond acceptors (Lipinski definition) is 3. The molecule has 104 valence electrons. The highest BCUT2D eigenvalue weighted by atomic mass is 16.4. The molecule has 0 aliphatic carbocycles. The maximum atomic E-state index is 11.4. The highest BCUT2D eigenvalue weighted by molar-refractivity contribution is 6.03. The van der Waals surface area contributed by atoms with E-state index in [2.05, 4.69) is 16.0 Å². The molecule has 4 heteroatoms. The van der Waals surface area contributed by atoms with E-state index in [1.54, 1.807) is 12.1 Å². The van der Waals surface area contributed by atoms with Crippen LogP contribution in [0, 0.1) is 6.92 Å². The van der Waals surface area contributed by atoms with Crippen LogP contribution in [0.25, 0.3) is 10.9 Å². The standard InChI is InChI=1S/C16H18N2O2/c1-11-10-14(18-8-3-2-4-9-18)17-15-12(11)6-5-7-13(15)16(19)20/h5-7,10H,2-4,8-9H2,1H3,(H,19,20). The number of aromatic nitrogens is 1. The van der Waals surface area contributed by atoms with Crippen molar-refractivity contribution < 1.29 is 9.90 Å². The molecule has 0 bridgehead atoms. The Morgan fingerprint density at radius 1 is 1.25 bits per heavy atom. The Bertz CT molecular complexity index is 661. The molecule has 1 aromatic heterocycles. The first-order chi connectivity index (χ1) is 9.66. The van der Waals surface area contributed by atoms with Gasteiger partial charge in [-0.05, 0) is 43.9 Å². The van der Waals surface area contributed by atoms with Crippen LogP contribution >= 0.6 is 0 Å². The summed E-state index contributed by atoms with van der Waals surface area (Å²) in [6.07, 6.45) is 3.63. The molecule has 1 aromatic carbocycles. The Kier molecular flexibility index (Phi) is 3.30. The van der Waals surface area contributed by atoms with Gasteiger partial charge < -0.3 is 10.0 Å². The van der Waals surface area contributed by atoms with Crippen LogP contribution in [0.15, 0.2) is 24.3 Å². The third-order valence-electron chi connectivity index (χ3n) is 3.94. The van der Waals surface area contributed by atoms with Crippen molar-refractivity contribution in [1.29, 1.82) is 0 Å². The Morgan fingerprint density at radius 2 is 2.00 bits per heavy atom. The fourth-order valence-corrected chi connectivity index (χ4v) is 2.86. The fourth-order valence-electron chi connectivity index (χ4n) is 2.86. The number of anilines is 1. The fraction of sp³-hybridized carbons (Fsp3) is 0.375. The van der Waals surface area contributed by atoms with Crippen LogP contribution in [0.2, 0.25) is 0 Å². The molecular formula is C16H18N2O2. The van der Waals surface area contributed by atoms with Gasteiger partial charge in [-0.25, -0.2) is 9.78 Å². The Morgan fingerprint density at radius 3 is 2.70 bits per heavy atom. The highest BCUT2D eigenvalue weighted by Crippen LogP contribution is 2.26. The number of aryl methyl sites for hydroxylation is 1. The zero-order chi connectivity index (χ0) is 14.1. The maximum absolute atomic E-state index is 11.4. The van der Waals surface area contributed by atoms with Crippen molar-refractivity contribution in [1.82, 2.24) is 4.98 Å². The number of carbonyl (C=O) groups is 1. The van der Waals surface area contributed by atoms with E-state index >= 15 is 0 Å². The first-order valence-electron chi connectivity index (χ1n) is 7.05. The Labute approximate surface area is 118 Å². The van der Waals surface area contributed by atoms with Crippen molar-refractivity contribution in [3.8, 4) is 0 Å². The zero-order valence-electron chi connectivity index (χ0n) is 11.6. The normalized spacial score (nSPS) is 15.6. The van der Waals surface area contributed by atoms with Gasteiger partial charge in [0.2, 0.25) is 0 Å². The van der Waals surface area contributed by atoms with Crippen molar-refractivity contribution in [2.24, 2.45) is 0 Å². The van der Waals surface area contributed by atoms with E-state index in [0.717, 1.165) is 29.9 Å². The molecular weight excluding hydrogens is 252 g/mol. The van der Waals surface area contributed by atoms with Crippen LogP contribution in [-0.2, 0) is 0 Å². The number of para-hydroxylation sites is 1. The van der Waals surface area contributed by atoms with E-state index in [9.17, 15) is 9.90 Å². The first kappa shape index (κ1) is 12.9. The smallest absolute Gasteiger partial charge is 0.337 e. The number of pyridine rings is 1. The lowest BCUT2D eigenvalue weighted by molar-refractivity contribution is 0.0699. The molecule has 0 unspecified atom stereocenters. The van der Waals surface area contributed by atoms with Gasteiger partial charge in [0.25, 0.3) is 0 Å². The second kappa shape index (κ2) is 5.12. The number of carboxylic acid groups (broad SMARTS) is 1. The van der Waals surface area contributed by atoms with E-state index < -0.39 is 5.97 Å². The third kappa shape index (κ3) is 2.22. The predicted octanol–water partition coefficient (Wildman–Crippen LogP) is 3.23. The van der Waals surface area contributed by atoms with Gasteiger partial charge in [0.15, 0.2) is 0 Å². The molecule has 1 aliphatic rings. The summed E-state index contributed by atoms with van der Waals surface area (Å²) >= 11 is 0. The first-order valence-corrected chi connectivity index (χ1v) is 7.05. The topological polar surface area (TPSA) is 53.4 Å². The summed E-state index contributed by atoms with van der Waals surface area (Å²) in [7, 11) is 0.